The highest BCUT2D eigenvalue weighted by molar-refractivity contribution is 5.95. The Labute approximate surface area is 91.0 Å². The van der Waals surface area contributed by atoms with Crippen LogP contribution in [0, 0.1) is 26.7 Å². The zero-order valence-electron chi connectivity index (χ0n) is 10.1. The molecule has 0 N–H and O–H groups in total. The van der Waals surface area contributed by atoms with Gasteiger partial charge in [0.15, 0.2) is 5.78 Å². The fourth-order valence-electron chi connectivity index (χ4n) is 1.45. The number of hydrogen-bond donors (Lipinski definition) is 0. The van der Waals surface area contributed by atoms with Crippen LogP contribution in [0.25, 0.3) is 0 Å². The summed E-state index contributed by atoms with van der Waals surface area (Å²) in [6, 6.07) is 0. The van der Waals surface area contributed by atoms with E-state index in [1.807, 2.05) is 34.6 Å². The highest BCUT2D eigenvalue weighted by Crippen LogP contribution is 2.12. The Morgan fingerprint density at radius 1 is 1.07 bits per heavy atom. The summed E-state index contributed by atoms with van der Waals surface area (Å²) in [6.07, 6.45) is 0.540. The first kappa shape index (κ1) is 11.8. The molecule has 0 atom stereocenters. The molecule has 0 spiro atoms. The smallest absolute Gasteiger partial charge is 0.183 e. The standard InChI is InChI=1S/C12H18N2O/c1-7(2)6-11(15)12-10(5)13-8(3)9(4)14-12/h7H,6H2,1-5H3. The Kier molecular flexibility index (Phi) is 3.56. The minimum absolute atomic E-state index is 0.0955. The summed E-state index contributed by atoms with van der Waals surface area (Å²) in [4.78, 5) is 20.5. The van der Waals surface area contributed by atoms with Crippen LogP contribution in [0.3, 0.4) is 0 Å². The van der Waals surface area contributed by atoms with Crippen molar-refractivity contribution in [3.05, 3.63) is 22.8 Å². The van der Waals surface area contributed by atoms with Crippen LogP contribution in [0.2, 0.25) is 0 Å². The molecular weight excluding hydrogens is 188 g/mol. The van der Waals surface area contributed by atoms with E-state index in [2.05, 4.69) is 9.97 Å². The molecule has 0 aliphatic heterocycles. The number of aryl methyl sites for hydroxylation is 3. The van der Waals surface area contributed by atoms with Crippen LogP contribution in [0.1, 0.15) is 47.8 Å². The molecule has 0 bridgehead atoms. The Bertz CT molecular complexity index is 383. The molecule has 0 fully saturated rings. The van der Waals surface area contributed by atoms with E-state index in [-0.39, 0.29) is 5.78 Å². The minimum Gasteiger partial charge on any atom is -0.292 e. The maximum Gasteiger partial charge on any atom is 0.183 e. The van der Waals surface area contributed by atoms with E-state index in [1.54, 1.807) is 0 Å². The van der Waals surface area contributed by atoms with Gasteiger partial charge < -0.3 is 0 Å². The normalized spacial score (nSPS) is 10.8. The van der Waals surface area contributed by atoms with Crippen molar-refractivity contribution in [2.45, 2.75) is 41.0 Å². The van der Waals surface area contributed by atoms with Gasteiger partial charge in [-0.1, -0.05) is 13.8 Å². The van der Waals surface area contributed by atoms with E-state index in [9.17, 15) is 4.79 Å². The molecule has 0 radical (unpaired) electrons. The molecule has 82 valence electrons. The van der Waals surface area contributed by atoms with E-state index in [4.69, 9.17) is 0 Å². The van der Waals surface area contributed by atoms with E-state index in [0.717, 1.165) is 17.1 Å². The lowest BCUT2D eigenvalue weighted by atomic mass is 10.0. The van der Waals surface area contributed by atoms with E-state index in [1.165, 1.54) is 0 Å². The highest BCUT2D eigenvalue weighted by Gasteiger charge is 2.14. The summed E-state index contributed by atoms with van der Waals surface area (Å²) in [5.41, 5.74) is 3.01. The lowest BCUT2D eigenvalue weighted by Gasteiger charge is -2.08. The van der Waals surface area contributed by atoms with Crippen LogP contribution in [0.15, 0.2) is 0 Å². The van der Waals surface area contributed by atoms with E-state index >= 15 is 0 Å². The van der Waals surface area contributed by atoms with Crippen molar-refractivity contribution >= 4 is 5.78 Å². The molecule has 0 saturated heterocycles. The molecule has 0 aliphatic carbocycles. The summed E-state index contributed by atoms with van der Waals surface area (Å²) >= 11 is 0. The van der Waals surface area contributed by atoms with Crippen LogP contribution in [-0.2, 0) is 0 Å². The fourth-order valence-corrected chi connectivity index (χ4v) is 1.45. The number of ketones is 1. The van der Waals surface area contributed by atoms with Gasteiger partial charge in [-0.15, -0.1) is 0 Å². The maximum absolute atomic E-state index is 11.8. The first-order chi connectivity index (χ1) is 6.91. The number of nitrogens with zero attached hydrogens (tertiary/aromatic N) is 2. The van der Waals surface area contributed by atoms with Crippen LogP contribution in [0.4, 0.5) is 0 Å². The SMILES string of the molecule is Cc1nc(C)c(C(=O)CC(C)C)nc1C. The van der Waals surface area contributed by atoms with Crippen LogP contribution in [0.5, 0.6) is 0 Å². The first-order valence-electron chi connectivity index (χ1n) is 5.27. The summed E-state index contributed by atoms with van der Waals surface area (Å²) < 4.78 is 0. The third-order valence-corrected chi connectivity index (χ3v) is 2.34. The molecule has 1 aromatic heterocycles. The highest BCUT2D eigenvalue weighted by atomic mass is 16.1. The Balaban J connectivity index is 3.04. The van der Waals surface area contributed by atoms with E-state index < -0.39 is 0 Å². The van der Waals surface area contributed by atoms with Gasteiger partial charge in [-0.2, -0.15) is 0 Å². The van der Waals surface area contributed by atoms with Gasteiger partial charge in [0.1, 0.15) is 5.69 Å². The Morgan fingerprint density at radius 3 is 2.13 bits per heavy atom. The third kappa shape index (κ3) is 2.85. The lowest BCUT2D eigenvalue weighted by molar-refractivity contribution is 0.0961. The Hall–Kier alpha value is -1.25. The predicted molar refractivity (Wildman–Crippen MR) is 60.0 cm³/mol. The maximum atomic E-state index is 11.8. The molecule has 0 aliphatic rings. The number of aromatic nitrogens is 2. The van der Waals surface area contributed by atoms with Crippen LogP contribution in [-0.4, -0.2) is 15.8 Å². The topological polar surface area (TPSA) is 42.9 Å². The monoisotopic (exact) mass is 206 g/mol. The lowest BCUT2D eigenvalue weighted by Crippen LogP contribution is -2.11. The van der Waals surface area contributed by atoms with Crippen molar-refractivity contribution < 1.29 is 4.79 Å². The predicted octanol–water partition coefficient (Wildman–Crippen LogP) is 2.63. The average molecular weight is 206 g/mol. The van der Waals surface area contributed by atoms with Gasteiger partial charge in [-0.25, -0.2) is 4.98 Å². The van der Waals surface area contributed by atoms with Crippen LogP contribution >= 0.6 is 0 Å². The number of hydrogen-bond acceptors (Lipinski definition) is 3. The molecule has 0 saturated carbocycles. The number of carbonyl (C=O) groups is 1. The van der Waals surface area contributed by atoms with Crippen molar-refractivity contribution in [3.8, 4) is 0 Å². The molecule has 1 rings (SSSR count). The number of carbonyl (C=O) groups excluding carboxylic acids is 1. The molecule has 3 nitrogen and oxygen atoms in total. The van der Waals surface area contributed by atoms with Crippen LogP contribution < -0.4 is 0 Å². The van der Waals surface area contributed by atoms with Crippen molar-refractivity contribution in [1.82, 2.24) is 9.97 Å². The zero-order valence-corrected chi connectivity index (χ0v) is 10.1. The molecule has 0 amide bonds. The molecule has 0 unspecified atom stereocenters. The quantitative estimate of drug-likeness (QED) is 0.714. The largest absolute Gasteiger partial charge is 0.292 e. The summed E-state index contributed by atoms with van der Waals surface area (Å²) in [5.74, 6) is 0.457. The van der Waals surface area contributed by atoms with E-state index in [0.29, 0.717) is 18.0 Å². The zero-order chi connectivity index (χ0) is 11.6. The van der Waals surface area contributed by atoms with Gasteiger partial charge in [0, 0.05) is 6.42 Å². The van der Waals surface area contributed by atoms with Gasteiger partial charge in [-0.05, 0) is 26.7 Å². The van der Waals surface area contributed by atoms with Gasteiger partial charge in [0.25, 0.3) is 0 Å². The van der Waals surface area contributed by atoms with Gasteiger partial charge >= 0.3 is 0 Å². The van der Waals surface area contributed by atoms with Crippen molar-refractivity contribution in [2.24, 2.45) is 5.92 Å². The first-order valence-corrected chi connectivity index (χ1v) is 5.27. The summed E-state index contributed by atoms with van der Waals surface area (Å²) in [5, 5.41) is 0. The van der Waals surface area contributed by atoms with Crippen molar-refractivity contribution in [2.75, 3.05) is 0 Å². The molecular formula is C12H18N2O. The molecule has 0 aromatic carbocycles. The summed E-state index contributed by atoms with van der Waals surface area (Å²) in [6.45, 7) is 9.69. The summed E-state index contributed by atoms with van der Waals surface area (Å²) in [7, 11) is 0. The van der Waals surface area contributed by atoms with Gasteiger partial charge in [0.2, 0.25) is 0 Å². The van der Waals surface area contributed by atoms with Gasteiger partial charge in [-0.3, -0.25) is 9.78 Å². The van der Waals surface area contributed by atoms with Crippen molar-refractivity contribution in [3.63, 3.8) is 0 Å². The molecule has 3 heteroatoms. The fraction of sp³-hybridized carbons (Fsp3) is 0.583. The average Bonchev–Trinajstić information content (AvgIpc) is 2.09. The molecule has 15 heavy (non-hydrogen) atoms. The number of Topliss-reactive ketones (excluding diaryl/α,β-unsaturated/α-hetero) is 1. The minimum atomic E-state index is 0.0955. The second kappa shape index (κ2) is 4.51. The van der Waals surface area contributed by atoms with Gasteiger partial charge in [0.05, 0.1) is 17.1 Å². The second-order valence-electron chi connectivity index (χ2n) is 4.35. The van der Waals surface area contributed by atoms with Crippen molar-refractivity contribution in [1.29, 1.82) is 0 Å². The second-order valence-corrected chi connectivity index (χ2v) is 4.35. The molecule has 1 heterocycles. The Morgan fingerprint density at radius 2 is 1.60 bits per heavy atom. The number of rotatable bonds is 3. The third-order valence-electron chi connectivity index (χ3n) is 2.34. The molecule has 1 aromatic rings.